The van der Waals surface area contributed by atoms with E-state index in [2.05, 4.69) is 4.98 Å². The summed E-state index contributed by atoms with van der Waals surface area (Å²) in [7, 11) is 0. The van der Waals surface area contributed by atoms with E-state index in [1.54, 1.807) is 0 Å². The van der Waals surface area contributed by atoms with Crippen molar-refractivity contribution >= 4 is 11.6 Å². The number of halogens is 2. The Morgan fingerprint density at radius 1 is 1.50 bits per heavy atom. The number of aromatic nitrogens is 2. The summed E-state index contributed by atoms with van der Waals surface area (Å²) in [6.45, 7) is -0.111. The molecule has 0 radical (unpaired) electrons. The van der Waals surface area contributed by atoms with E-state index in [1.807, 2.05) is 0 Å². The van der Waals surface area contributed by atoms with Gasteiger partial charge in [-0.25, -0.2) is 9.18 Å². The van der Waals surface area contributed by atoms with Gasteiger partial charge in [0.15, 0.2) is 0 Å². The zero-order valence-electron chi connectivity index (χ0n) is 8.08. The van der Waals surface area contributed by atoms with Crippen LogP contribution in [0.3, 0.4) is 0 Å². The van der Waals surface area contributed by atoms with Crippen molar-refractivity contribution < 1.29 is 9.50 Å². The highest BCUT2D eigenvalue weighted by atomic mass is 35.5. The molecule has 0 spiro atoms. The van der Waals surface area contributed by atoms with Gasteiger partial charge in [-0.05, 0) is 12.1 Å². The van der Waals surface area contributed by atoms with Gasteiger partial charge in [-0.15, -0.1) is 0 Å². The second-order valence-corrected chi connectivity index (χ2v) is 3.65. The topological polar surface area (TPSA) is 58.0 Å². The van der Waals surface area contributed by atoms with E-state index in [4.69, 9.17) is 11.6 Å². The van der Waals surface area contributed by atoms with Crippen molar-refractivity contribution in [2.75, 3.05) is 0 Å². The summed E-state index contributed by atoms with van der Waals surface area (Å²) in [5, 5.41) is 9.56. The Balaban J connectivity index is 2.45. The van der Waals surface area contributed by atoms with Crippen LogP contribution in [0.25, 0.3) is 0 Å². The van der Waals surface area contributed by atoms with E-state index in [1.165, 1.54) is 18.2 Å². The van der Waals surface area contributed by atoms with Crippen LogP contribution in [0.5, 0.6) is 5.88 Å². The van der Waals surface area contributed by atoms with E-state index in [0.29, 0.717) is 0 Å². The second kappa shape index (κ2) is 4.02. The highest BCUT2D eigenvalue weighted by Crippen LogP contribution is 2.20. The molecule has 1 aromatic carbocycles. The van der Waals surface area contributed by atoms with Crippen LogP contribution in [0.1, 0.15) is 5.56 Å². The van der Waals surface area contributed by atoms with Crippen molar-refractivity contribution in [3.63, 3.8) is 0 Å². The maximum absolute atomic E-state index is 13.4. The number of H-pyrrole nitrogens is 1. The Kier molecular flexibility index (Phi) is 2.70. The number of hydrogen-bond acceptors (Lipinski definition) is 2. The van der Waals surface area contributed by atoms with Crippen LogP contribution in [0.15, 0.2) is 29.2 Å². The first-order valence-electron chi connectivity index (χ1n) is 4.49. The molecule has 0 fully saturated rings. The number of aromatic amines is 1. The lowest BCUT2D eigenvalue weighted by Crippen LogP contribution is -2.18. The standard InChI is InChI=1S/C10H8ClFN2O2/c11-7-2-1-3-8(12)6(7)5-14-9(15)4-13-10(14)16/h1-4,15H,5H2,(H,13,16). The van der Waals surface area contributed by atoms with Gasteiger partial charge in [0.25, 0.3) is 0 Å². The molecular formula is C10H8ClFN2O2. The summed E-state index contributed by atoms with van der Waals surface area (Å²) in [5.74, 6) is -0.774. The Labute approximate surface area is 94.9 Å². The van der Waals surface area contributed by atoms with Crippen LogP contribution >= 0.6 is 11.6 Å². The van der Waals surface area contributed by atoms with Crippen molar-refractivity contribution in [1.29, 1.82) is 0 Å². The number of rotatable bonds is 2. The smallest absolute Gasteiger partial charge is 0.328 e. The molecule has 0 amide bonds. The fourth-order valence-electron chi connectivity index (χ4n) is 1.38. The molecule has 84 valence electrons. The number of nitrogens with zero attached hydrogens (tertiary/aromatic N) is 1. The zero-order chi connectivity index (χ0) is 11.7. The zero-order valence-corrected chi connectivity index (χ0v) is 8.83. The minimum atomic E-state index is -0.517. The number of nitrogens with one attached hydrogen (secondary N) is 1. The summed E-state index contributed by atoms with van der Waals surface area (Å²) in [4.78, 5) is 13.5. The minimum Gasteiger partial charge on any atom is -0.493 e. The molecule has 0 saturated carbocycles. The minimum absolute atomic E-state index is 0.111. The maximum atomic E-state index is 13.4. The largest absolute Gasteiger partial charge is 0.493 e. The Morgan fingerprint density at radius 2 is 2.25 bits per heavy atom. The summed E-state index contributed by atoms with van der Waals surface area (Å²) in [5.41, 5.74) is -0.349. The van der Waals surface area contributed by atoms with Crippen molar-refractivity contribution in [3.8, 4) is 5.88 Å². The fraction of sp³-hybridized carbons (Fsp3) is 0.100. The monoisotopic (exact) mass is 242 g/mol. The van der Waals surface area contributed by atoms with E-state index in [9.17, 15) is 14.3 Å². The highest BCUT2D eigenvalue weighted by molar-refractivity contribution is 6.31. The first kappa shape index (κ1) is 10.8. The molecule has 2 N–H and O–H groups in total. The van der Waals surface area contributed by atoms with Crippen LogP contribution in [-0.4, -0.2) is 14.7 Å². The molecule has 0 atom stereocenters. The van der Waals surface area contributed by atoms with Gasteiger partial charge in [-0.1, -0.05) is 17.7 Å². The van der Waals surface area contributed by atoms with Crippen molar-refractivity contribution in [1.82, 2.24) is 9.55 Å². The van der Waals surface area contributed by atoms with Gasteiger partial charge in [0, 0.05) is 10.6 Å². The van der Waals surface area contributed by atoms with Gasteiger partial charge >= 0.3 is 5.69 Å². The fourth-order valence-corrected chi connectivity index (χ4v) is 1.60. The number of hydrogen-bond donors (Lipinski definition) is 2. The van der Waals surface area contributed by atoms with Crippen molar-refractivity contribution in [2.45, 2.75) is 6.54 Å². The maximum Gasteiger partial charge on any atom is 0.328 e. The lowest BCUT2D eigenvalue weighted by atomic mass is 10.2. The number of aromatic hydroxyl groups is 1. The molecule has 6 heteroatoms. The van der Waals surface area contributed by atoms with Crippen molar-refractivity contribution in [3.05, 3.63) is 51.3 Å². The van der Waals surface area contributed by atoms with Gasteiger partial charge in [0.1, 0.15) is 5.82 Å². The molecule has 4 nitrogen and oxygen atoms in total. The average molecular weight is 243 g/mol. The first-order chi connectivity index (χ1) is 7.59. The molecule has 0 aliphatic carbocycles. The molecule has 0 saturated heterocycles. The summed E-state index contributed by atoms with van der Waals surface area (Å²) < 4.78 is 14.4. The number of imidazole rings is 1. The lowest BCUT2D eigenvalue weighted by Gasteiger charge is -2.06. The van der Waals surface area contributed by atoms with E-state index in [0.717, 1.165) is 10.8 Å². The van der Waals surface area contributed by atoms with Gasteiger partial charge in [-0.3, -0.25) is 4.57 Å². The molecule has 0 aliphatic rings. The molecule has 2 rings (SSSR count). The van der Waals surface area contributed by atoms with E-state index < -0.39 is 11.5 Å². The Bertz CT molecular complexity index is 556. The van der Waals surface area contributed by atoms with Gasteiger partial charge in [0.2, 0.25) is 5.88 Å². The molecule has 0 unspecified atom stereocenters. The summed E-state index contributed by atoms with van der Waals surface area (Å²) in [6, 6.07) is 4.24. The molecule has 2 aromatic rings. The normalized spacial score (nSPS) is 10.6. The van der Waals surface area contributed by atoms with Gasteiger partial charge < -0.3 is 10.1 Å². The van der Waals surface area contributed by atoms with E-state index >= 15 is 0 Å². The average Bonchev–Trinajstić information content (AvgIpc) is 2.54. The molecule has 0 bridgehead atoms. The van der Waals surface area contributed by atoms with Crippen LogP contribution in [0, 0.1) is 5.82 Å². The van der Waals surface area contributed by atoms with Crippen LogP contribution in [0.2, 0.25) is 5.02 Å². The highest BCUT2D eigenvalue weighted by Gasteiger charge is 2.11. The third-order valence-electron chi connectivity index (χ3n) is 2.22. The predicted molar refractivity (Wildman–Crippen MR) is 57.2 cm³/mol. The second-order valence-electron chi connectivity index (χ2n) is 3.24. The number of benzene rings is 1. The van der Waals surface area contributed by atoms with E-state index in [-0.39, 0.29) is 23.0 Å². The molecule has 1 heterocycles. The summed E-state index contributed by atoms with van der Waals surface area (Å²) >= 11 is 5.80. The third-order valence-corrected chi connectivity index (χ3v) is 2.58. The Morgan fingerprint density at radius 3 is 2.81 bits per heavy atom. The predicted octanol–water partition coefficient (Wildman–Crippen LogP) is 1.72. The van der Waals surface area contributed by atoms with Gasteiger partial charge in [-0.2, -0.15) is 0 Å². The Hall–Kier alpha value is -1.75. The third kappa shape index (κ3) is 1.81. The first-order valence-corrected chi connectivity index (χ1v) is 4.87. The van der Waals surface area contributed by atoms with Crippen LogP contribution in [-0.2, 0) is 6.54 Å². The molecule has 0 aliphatic heterocycles. The van der Waals surface area contributed by atoms with Gasteiger partial charge in [0.05, 0.1) is 12.7 Å². The summed E-state index contributed by atoms with van der Waals surface area (Å²) in [6.07, 6.45) is 1.14. The molecule has 16 heavy (non-hydrogen) atoms. The quantitative estimate of drug-likeness (QED) is 0.843. The van der Waals surface area contributed by atoms with Crippen LogP contribution < -0.4 is 5.69 Å². The van der Waals surface area contributed by atoms with Crippen LogP contribution in [0.4, 0.5) is 4.39 Å². The molecular weight excluding hydrogens is 235 g/mol. The molecule has 1 aromatic heterocycles. The van der Waals surface area contributed by atoms with Crippen molar-refractivity contribution in [2.24, 2.45) is 0 Å². The lowest BCUT2D eigenvalue weighted by molar-refractivity contribution is 0.420. The SMILES string of the molecule is O=c1[nH]cc(O)n1Cc1c(F)cccc1Cl.